The molecule has 2 aromatic rings. The molecule has 1 aromatic carbocycles. The van der Waals surface area contributed by atoms with Crippen molar-refractivity contribution in [2.75, 3.05) is 11.9 Å². The lowest BCUT2D eigenvalue weighted by molar-refractivity contribution is -0.117. The van der Waals surface area contributed by atoms with Gasteiger partial charge in [-0.2, -0.15) is 0 Å². The molecule has 3 N–H and O–H groups in total. The molecular weight excluding hydrogens is 334 g/mol. The number of nitrogens with one attached hydrogen (secondary N) is 2. The molecule has 2 unspecified atom stereocenters. The number of hydrogen-bond acceptors (Lipinski definition) is 5. The van der Waals surface area contributed by atoms with Crippen LogP contribution >= 0.6 is 23.7 Å². The Kier molecular flexibility index (Phi) is 5.75. The highest BCUT2D eigenvalue weighted by atomic mass is 35.5. The van der Waals surface area contributed by atoms with Crippen LogP contribution < -0.4 is 10.6 Å². The molecule has 2 atom stereocenters. The Morgan fingerprint density at radius 3 is 2.65 bits per heavy atom. The summed E-state index contributed by atoms with van der Waals surface area (Å²) < 4.78 is 0. The highest BCUT2D eigenvalue weighted by molar-refractivity contribution is 7.16. The number of β-amino-alcohol motifs (C(OH)–C–C–N with tert-alkyl or cyclic N) is 1. The van der Waals surface area contributed by atoms with E-state index in [1.165, 1.54) is 16.9 Å². The Morgan fingerprint density at radius 1 is 1.35 bits per heavy atom. The highest BCUT2D eigenvalue weighted by Crippen LogP contribution is 2.30. The van der Waals surface area contributed by atoms with E-state index < -0.39 is 6.10 Å². The second-order valence-corrected chi connectivity index (χ2v) is 6.83. The van der Waals surface area contributed by atoms with Crippen LogP contribution in [0.15, 0.2) is 24.3 Å². The van der Waals surface area contributed by atoms with Gasteiger partial charge in [-0.1, -0.05) is 29.8 Å². The SMILES string of the molecule is Cc1ccc(-c2nc(NC(=O)C3CC(O)CN3)sc2C)cc1.Cl. The molecule has 0 bridgehead atoms. The molecule has 1 aliphatic heterocycles. The maximum absolute atomic E-state index is 12.1. The fraction of sp³-hybridized carbons (Fsp3) is 0.375. The normalized spacial score (nSPS) is 20.1. The van der Waals surface area contributed by atoms with Crippen LogP contribution in [0.1, 0.15) is 16.9 Å². The lowest BCUT2D eigenvalue weighted by Gasteiger charge is -2.08. The molecule has 23 heavy (non-hydrogen) atoms. The number of amides is 1. The van der Waals surface area contributed by atoms with Crippen molar-refractivity contribution in [2.45, 2.75) is 32.4 Å². The van der Waals surface area contributed by atoms with E-state index >= 15 is 0 Å². The Balaban J connectivity index is 0.00000192. The fourth-order valence-electron chi connectivity index (χ4n) is 2.54. The van der Waals surface area contributed by atoms with Gasteiger partial charge in [0.25, 0.3) is 0 Å². The average Bonchev–Trinajstić information content (AvgIpc) is 3.06. The van der Waals surface area contributed by atoms with Crippen LogP contribution in [0.4, 0.5) is 5.13 Å². The molecule has 0 saturated carbocycles. The van der Waals surface area contributed by atoms with Crippen molar-refractivity contribution in [3.8, 4) is 11.3 Å². The zero-order chi connectivity index (χ0) is 15.7. The van der Waals surface area contributed by atoms with Gasteiger partial charge in [0.15, 0.2) is 5.13 Å². The van der Waals surface area contributed by atoms with Gasteiger partial charge in [-0.05, 0) is 20.3 Å². The minimum absolute atomic E-state index is 0. The molecule has 1 amide bonds. The summed E-state index contributed by atoms with van der Waals surface area (Å²) in [6, 6.07) is 7.84. The molecule has 124 valence electrons. The van der Waals surface area contributed by atoms with Crippen molar-refractivity contribution < 1.29 is 9.90 Å². The van der Waals surface area contributed by atoms with Crippen molar-refractivity contribution in [1.82, 2.24) is 10.3 Å². The number of aromatic nitrogens is 1. The first-order valence-electron chi connectivity index (χ1n) is 7.29. The summed E-state index contributed by atoms with van der Waals surface area (Å²) in [6.07, 6.45) is -0.00187. The van der Waals surface area contributed by atoms with E-state index in [4.69, 9.17) is 0 Å². The first-order chi connectivity index (χ1) is 10.5. The summed E-state index contributed by atoms with van der Waals surface area (Å²) in [6.45, 7) is 4.51. The largest absolute Gasteiger partial charge is 0.392 e. The monoisotopic (exact) mass is 353 g/mol. The number of halogens is 1. The second kappa shape index (κ2) is 7.40. The van der Waals surface area contributed by atoms with E-state index in [1.54, 1.807) is 0 Å². The van der Waals surface area contributed by atoms with Gasteiger partial charge in [0.1, 0.15) is 0 Å². The van der Waals surface area contributed by atoms with Crippen LogP contribution in [0.25, 0.3) is 11.3 Å². The van der Waals surface area contributed by atoms with Gasteiger partial charge in [0.05, 0.1) is 17.8 Å². The van der Waals surface area contributed by atoms with E-state index in [1.807, 2.05) is 26.0 Å². The first-order valence-corrected chi connectivity index (χ1v) is 8.11. The lowest BCUT2D eigenvalue weighted by Crippen LogP contribution is -2.35. The Hall–Kier alpha value is -1.47. The Morgan fingerprint density at radius 2 is 2.04 bits per heavy atom. The van der Waals surface area contributed by atoms with Crippen LogP contribution in [-0.4, -0.2) is 34.7 Å². The van der Waals surface area contributed by atoms with Gasteiger partial charge >= 0.3 is 0 Å². The van der Waals surface area contributed by atoms with E-state index in [2.05, 4.69) is 27.8 Å². The van der Waals surface area contributed by atoms with E-state index in [9.17, 15) is 9.90 Å². The number of hydrogen-bond donors (Lipinski definition) is 3. The predicted octanol–water partition coefficient (Wildman–Crippen LogP) is 2.51. The Labute approximate surface area is 145 Å². The molecule has 1 aliphatic rings. The second-order valence-electron chi connectivity index (χ2n) is 5.63. The summed E-state index contributed by atoms with van der Waals surface area (Å²) in [5.74, 6) is -0.138. The van der Waals surface area contributed by atoms with Crippen LogP contribution in [0, 0.1) is 13.8 Å². The molecule has 1 saturated heterocycles. The van der Waals surface area contributed by atoms with Gasteiger partial charge in [-0.3, -0.25) is 4.79 Å². The number of aliphatic hydroxyl groups excluding tert-OH is 1. The van der Waals surface area contributed by atoms with Crippen molar-refractivity contribution in [3.05, 3.63) is 34.7 Å². The topological polar surface area (TPSA) is 74.2 Å². The van der Waals surface area contributed by atoms with E-state index in [0.717, 1.165) is 16.1 Å². The fourth-order valence-corrected chi connectivity index (χ4v) is 3.38. The lowest BCUT2D eigenvalue weighted by atomic mass is 10.1. The highest BCUT2D eigenvalue weighted by Gasteiger charge is 2.28. The maximum atomic E-state index is 12.1. The number of thiazole rings is 1. The zero-order valence-electron chi connectivity index (χ0n) is 13.0. The molecule has 0 radical (unpaired) electrons. The number of aliphatic hydroxyl groups is 1. The number of benzene rings is 1. The molecule has 1 aromatic heterocycles. The number of anilines is 1. The molecule has 0 spiro atoms. The number of carbonyl (C=O) groups is 1. The van der Waals surface area contributed by atoms with E-state index in [0.29, 0.717) is 18.1 Å². The van der Waals surface area contributed by atoms with Crippen molar-refractivity contribution >= 4 is 34.8 Å². The first kappa shape index (κ1) is 17.9. The molecule has 5 nitrogen and oxygen atoms in total. The number of rotatable bonds is 3. The van der Waals surface area contributed by atoms with Crippen LogP contribution in [0.5, 0.6) is 0 Å². The average molecular weight is 354 g/mol. The van der Waals surface area contributed by atoms with Crippen molar-refractivity contribution in [2.24, 2.45) is 0 Å². The quantitative estimate of drug-likeness (QED) is 0.792. The van der Waals surface area contributed by atoms with Crippen LogP contribution in [-0.2, 0) is 4.79 Å². The third kappa shape index (κ3) is 4.09. The molecular formula is C16H20ClN3O2S. The van der Waals surface area contributed by atoms with Gasteiger partial charge in [-0.15, -0.1) is 23.7 Å². The van der Waals surface area contributed by atoms with Crippen molar-refractivity contribution in [3.63, 3.8) is 0 Å². The summed E-state index contributed by atoms with van der Waals surface area (Å²) in [5, 5.41) is 15.9. The standard InChI is InChI=1S/C16H19N3O2S.ClH/c1-9-3-5-11(6-4-9)14-10(2)22-16(18-14)19-15(21)13-7-12(20)8-17-13;/h3-6,12-13,17,20H,7-8H2,1-2H3,(H,18,19,21);1H. The minimum Gasteiger partial charge on any atom is -0.392 e. The predicted molar refractivity (Wildman–Crippen MR) is 95.3 cm³/mol. The van der Waals surface area contributed by atoms with Gasteiger partial charge in [0, 0.05) is 17.0 Å². The smallest absolute Gasteiger partial charge is 0.243 e. The number of nitrogens with zero attached hydrogens (tertiary/aromatic N) is 1. The summed E-state index contributed by atoms with van der Waals surface area (Å²) in [4.78, 5) is 17.7. The van der Waals surface area contributed by atoms with Gasteiger partial charge in [-0.25, -0.2) is 4.98 Å². The van der Waals surface area contributed by atoms with E-state index in [-0.39, 0.29) is 24.4 Å². The third-order valence-electron chi connectivity index (χ3n) is 3.78. The molecule has 3 rings (SSSR count). The maximum Gasteiger partial charge on any atom is 0.243 e. The third-order valence-corrected chi connectivity index (χ3v) is 4.66. The van der Waals surface area contributed by atoms with Crippen LogP contribution in [0.2, 0.25) is 0 Å². The number of aryl methyl sites for hydroxylation is 2. The Bertz CT molecular complexity index is 687. The summed E-state index contributed by atoms with van der Waals surface area (Å²) in [7, 11) is 0. The molecule has 0 aliphatic carbocycles. The van der Waals surface area contributed by atoms with Gasteiger partial charge in [0.2, 0.25) is 5.91 Å². The molecule has 2 heterocycles. The zero-order valence-corrected chi connectivity index (χ0v) is 14.6. The summed E-state index contributed by atoms with van der Waals surface area (Å²) in [5.41, 5.74) is 3.16. The van der Waals surface area contributed by atoms with Gasteiger partial charge < -0.3 is 15.7 Å². The molecule has 1 fully saturated rings. The van der Waals surface area contributed by atoms with Crippen molar-refractivity contribution in [1.29, 1.82) is 0 Å². The summed E-state index contributed by atoms with van der Waals surface area (Å²) >= 11 is 1.47. The number of carbonyl (C=O) groups excluding carboxylic acids is 1. The van der Waals surface area contributed by atoms with Crippen LogP contribution in [0.3, 0.4) is 0 Å². The molecule has 7 heteroatoms. The minimum atomic E-state index is -0.447.